The van der Waals surface area contributed by atoms with E-state index in [1.54, 1.807) is 0 Å². The third-order valence-electron chi connectivity index (χ3n) is 5.86. The average molecular weight is 367 g/mol. The Hall–Kier alpha value is -0.670. The zero-order valence-corrected chi connectivity index (χ0v) is 17.4. The van der Waals surface area contributed by atoms with Crippen LogP contribution in [-0.4, -0.2) is 42.2 Å². The molecule has 0 aliphatic carbocycles. The van der Waals surface area contributed by atoms with Gasteiger partial charge in [0.25, 0.3) is 0 Å². The van der Waals surface area contributed by atoms with Gasteiger partial charge < -0.3 is 5.11 Å². The Morgan fingerprint density at radius 1 is 0.808 bits per heavy atom. The van der Waals surface area contributed by atoms with Crippen LogP contribution in [0, 0.1) is 0 Å². The van der Waals surface area contributed by atoms with E-state index in [1.165, 1.54) is 83.5 Å². The standard InChI is InChI=1S/C23H44NO2/c1-24(21-18-19-23(24)26)20-16-14-12-10-8-6-4-2-3-5-7-9-11-13-15-17-22-25/h2-3,25H,4-22H2,1H3/q+1. The second kappa shape index (κ2) is 15.4. The van der Waals surface area contributed by atoms with Crippen molar-refractivity contribution in [1.29, 1.82) is 0 Å². The van der Waals surface area contributed by atoms with Crippen molar-refractivity contribution in [3.05, 3.63) is 12.2 Å². The summed E-state index contributed by atoms with van der Waals surface area (Å²) < 4.78 is 0.702. The number of aliphatic hydroxyl groups excluding tert-OH is 1. The molecule has 1 aliphatic rings. The van der Waals surface area contributed by atoms with Crippen molar-refractivity contribution in [2.75, 3.05) is 26.7 Å². The first-order chi connectivity index (χ1) is 12.7. The molecule has 0 aromatic heterocycles. The second-order valence-electron chi connectivity index (χ2n) is 8.36. The van der Waals surface area contributed by atoms with Crippen LogP contribution in [0.5, 0.6) is 0 Å². The number of likely N-dealkylation sites (tertiary alicyclic amines) is 1. The lowest BCUT2D eigenvalue weighted by Gasteiger charge is -2.26. The van der Waals surface area contributed by atoms with Gasteiger partial charge in [0.05, 0.1) is 26.6 Å². The van der Waals surface area contributed by atoms with Gasteiger partial charge >= 0.3 is 5.91 Å². The topological polar surface area (TPSA) is 37.3 Å². The summed E-state index contributed by atoms with van der Waals surface area (Å²) in [7, 11) is 2.12. The molecule has 1 unspecified atom stereocenters. The Morgan fingerprint density at radius 3 is 1.81 bits per heavy atom. The van der Waals surface area contributed by atoms with Crippen LogP contribution in [0.3, 0.4) is 0 Å². The van der Waals surface area contributed by atoms with Crippen LogP contribution in [0.4, 0.5) is 0 Å². The van der Waals surface area contributed by atoms with Gasteiger partial charge in [-0.1, -0.05) is 57.1 Å². The molecule has 0 bridgehead atoms. The van der Waals surface area contributed by atoms with Gasteiger partial charge in [-0.2, -0.15) is 0 Å². The van der Waals surface area contributed by atoms with E-state index in [0.29, 0.717) is 17.0 Å². The Balaban J connectivity index is 1.78. The summed E-state index contributed by atoms with van der Waals surface area (Å²) in [4.78, 5) is 11.9. The van der Waals surface area contributed by atoms with Crippen LogP contribution in [0.25, 0.3) is 0 Å². The minimum absolute atomic E-state index is 0.350. The molecule has 1 heterocycles. The molecule has 1 rings (SSSR count). The SMILES string of the molecule is C[N+]1(CCCCCCCCC=CCCCCCCCCO)CCCC1=O. The number of carbonyl (C=O) groups excluding carboxylic acids is 1. The van der Waals surface area contributed by atoms with Crippen LogP contribution in [0.15, 0.2) is 12.2 Å². The fourth-order valence-corrected chi connectivity index (χ4v) is 3.96. The van der Waals surface area contributed by atoms with Crippen molar-refractivity contribution in [1.82, 2.24) is 0 Å². The molecule has 1 amide bonds. The maximum Gasteiger partial charge on any atom is 0.313 e. The molecule has 1 atom stereocenters. The first-order valence-corrected chi connectivity index (χ1v) is 11.3. The number of allylic oxidation sites excluding steroid dienone is 2. The highest BCUT2D eigenvalue weighted by molar-refractivity contribution is 5.70. The van der Waals surface area contributed by atoms with Crippen molar-refractivity contribution >= 4 is 5.91 Å². The molecule has 0 radical (unpaired) electrons. The molecule has 0 saturated carbocycles. The average Bonchev–Trinajstić information content (AvgIpc) is 2.96. The number of hydrogen-bond donors (Lipinski definition) is 1. The molecule has 3 heteroatoms. The molecule has 1 aliphatic heterocycles. The van der Waals surface area contributed by atoms with E-state index in [2.05, 4.69) is 19.2 Å². The van der Waals surface area contributed by atoms with E-state index in [0.717, 1.165) is 32.4 Å². The number of nitrogens with zero attached hydrogens (tertiary/aromatic N) is 1. The van der Waals surface area contributed by atoms with E-state index in [9.17, 15) is 4.79 Å². The lowest BCUT2D eigenvalue weighted by Crippen LogP contribution is -2.45. The molecular formula is C23H44NO2+. The molecule has 152 valence electrons. The van der Waals surface area contributed by atoms with E-state index in [1.807, 2.05) is 0 Å². The van der Waals surface area contributed by atoms with Gasteiger partial charge in [0, 0.05) is 13.0 Å². The number of quaternary nitrogens is 1. The van der Waals surface area contributed by atoms with E-state index >= 15 is 0 Å². The third kappa shape index (κ3) is 11.1. The number of hydrogen-bond acceptors (Lipinski definition) is 2. The molecular weight excluding hydrogens is 322 g/mol. The second-order valence-corrected chi connectivity index (χ2v) is 8.36. The summed E-state index contributed by atoms with van der Waals surface area (Å²) in [5.74, 6) is 0.457. The van der Waals surface area contributed by atoms with Crippen LogP contribution in [-0.2, 0) is 4.79 Å². The van der Waals surface area contributed by atoms with Gasteiger partial charge in [0.15, 0.2) is 0 Å². The Bertz CT molecular complexity index is 380. The highest BCUT2D eigenvalue weighted by Crippen LogP contribution is 2.20. The lowest BCUT2D eigenvalue weighted by molar-refractivity contribution is -0.826. The summed E-state index contributed by atoms with van der Waals surface area (Å²) in [6, 6.07) is 0. The highest BCUT2D eigenvalue weighted by atomic mass is 16.2. The van der Waals surface area contributed by atoms with E-state index in [-0.39, 0.29) is 0 Å². The van der Waals surface area contributed by atoms with E-state index < -0.39 is 0 Å². The van der Waals surface area contributed by atoms with E-state index in [4.69, 9.17) is 5.11 Å². The Labute approximate surface area is 162 Å². The third-order valence-corrected chi connectivity index (χ3v) is 5.86. The van der Waals surface area contributed by atoms with Gasteiger partial charge in [0.2, 0.25) is 0 Å². The molecule has 26 heavy (non-hydrogen) atoms. The highest BCUT2D eigenvalue weighted by Gasteiger charge is 2.35. The largest absolute Gasteiger partial charge is 0.396 e. The number of amides is 1. The monoisotopic (exact) mass is 366 g/mol. The zero-order valence-electron chi connectivity index (χ0n) is 17.4. The van der Waals surface area contributed by atoms with Gasteiger partial charge in [-0.25, -0.2) is 4.79 Å². The van der Waals surface area contributed by atoms with Crippen molar-refractivity contribution in [3.63, 3.8) is 0 Å². The first-order valence-electron chi connectivity index (χ1n) is 11.3. The van der Waals surface area contributed by atoms with Crippen LogP contribution >= 0.6 is 0 Å². The van der Waals surface area contributed by atoms with Crippen molar-refractivity contribution in [2.45, 2.75) is 103 Å². The quantitative estimate of drug-likeness (QED) is 0.202. The summed E-state index contributed by atoms with van der Waals surface area (Å²) >= 11 is 0. The van der Waals surface area contributed by atoms with Gasteiger partial charge in [0.1, 0.15) is 0 Å². The van der Waals surface area contributed by atoms with Crippen LogP contribution in [0.1, 0.15) is 103 Å². The molecule has 1 saturated heterocycles. The lowest BCUT2D eigenvalue weighted by atomic mass is 10.1. The minimum atomic E-state index is 0.350. The van der Waals surface area contributed by atoms with Gasteiger partial charge in [-0.05, 0) is 44.9 Å². The molecule has 1 N–H and O–H groups in total. The Morgan fingerprint density at radius 2 is 1.31 bits per heavy atom. The van der Waals surface area contributed by atoms with Crippen molar-refractivity contribution in [3.8, 4) is 0 Å². The Kier molecular flexibility index (Phi) is 13.8. The molecule has 1 fully saturated rings. The van der Waals surface area contributed by atoms with Gasteiger partial charge in [-0.15, -0.1) is 0 Å². The fraction of sp³-hybridized carbons (Fsp3) is 0.870. The summed E-state index contributed by atoms with van der Waals surface area (Å²) in [6.45, 7) is 2.47. The molecule has 3 nitrogen and oxygen atoms in total. The maximum absolute atomic E-state index is 11.9. The summed E-state index contributed by atoms with van der Waals surface area (Å²) in [6.07, 6.45) is 24.3. The van der Waals surface area contributed by atoms with Crippen LogP contribution < -0.4 is 0 Å². The fourth-order valence-electron chi connectivity index (χ4n) is 3.96. The first kappa shape index (κ1) is 23.4. The number of carbonyl (C=O) groups is 1. The zero-order chi connectivity index (χ0) is 18.9. The molecule has 0 aromatic rings. The summed E-state index contributed by atoms with van der Waals surface area (Å²) in [5, 5.41) is 8.72. The predicted molar refractivity (Wildman–Crippen MR) is 111 cm³/mol. The molecule has 0 spiro atoms. The molecule has 0 aromatic carbocycles. The van der Waals surface area contributed by atoms with Gasteiger partial charge in [-0.3, -0.25) is 4.48 Å². The van der Waals surface area contributed by atoms with Crippen molar-refractivity contribution < 1.29 is 14.4 Å². The minimum Gasteiger partial charge on any atom is -0.396 e. The predicted octanol–water partition coefficient (Wildman–Crippen LogP) is 5.76. The number of aliphatic hydroxyl groups is 1. The van der Waals surface area contributed by atoms with Crippen molar-refractivity contribution in [2.24, 2.45) is 0 Å². The maximum atomic E-state index is 11.9. The number of unbranched alkanes of at least 4 members (excludes halogenated alkanes) is 12. The normalized spacial score (nSPS) is 20.5. The van der Waals surface area contributed by atoms with Crippen LogP contribution in [0.2, 0.25) is 0 Å². The smallest absolute Gasteiger partial charge is 0.313 e. The number of rotatable bonds is 17. The summed E-state index contributed by atoms with van der Waals surface area (Å²) in [5.41, 5.74) is 0.